The van der Waals surface area contributed by atoms with E-state index in [1.54, 1.807) is 31.5 Å². The maximum atomic E-state index is 13.9. The summed E-state index contributed by atoms with van der Waals surface area (Å²) in [5.74, 6) is 1.97. The molecular formula is C46H64N8O10. The van der Waals surface area contributed by atoms with E-state index in [1.165, 1.54) is 14.2 Å². The molecule has 348 valence electrons. The number of nitrogens with zero attached hydrogens (tertiary/aromatic N) is 4. The Morgan fingerprint density at radius 3 is 1.75 bits per heavy atom. The molecule has 2 aromatic carbocycles. The third-order valence-corrected chi connectivity index (χ3v) is 11.7. The van der Waals surface area contributed by atoms with Crippen molar-refractivity contribution in [3.63, 3.8) is 0 Å². The SMILES string of the molecule is COCCOc1cc(-c2cnc(C3CCCN3C(=O)C(NC(O)OC)C(C)C)[nH]2)c(OCCOC)cc1-c1ccc(-c2cnc(C3CCCN3C(=O)C(NC(=O)OC)C(C)C)[nH]2)cc1. The van der Waals surface area contributed by atoms with Crippen molar-refractivity contribution in [3.05, 3.63) is 60.4 Å². The number of alkyl carbamates (subject to hydrolysis) is 1. The lowest BCUT2D eigenvalue weighted by molar-refractivity contribution is -0.145. The second-order valence-electron chi connectivity index (χ2n) is 16.7. The van der Waals surface area contributed by atoms with E-state index < -0.39 is 24.6 Å². The van der Waals surface area contributed by atoms with Crippen molar-refractivity contribution in [2.75, 3.05) is 68.0 Å². The average molecular weight is 889 g/mol. The molecule has 5 unspecified atom stereocenters. The van der Waals surface area contributed by atoms with Gasteiger partial charge in [0.25, 0.3) is 0 Å². The van der Waals surface area contributed by atoms with Gasteiger partial charge in [-0.05, 0) is 60.8 Å². The molecule has 5 N–H and O–H groups in total. The van der Waals surface area contributed by atoms with Gasteiger partial charge in [-0.3, -0.25) is 14.9 Å². The molecule has 5 atom stereocenters. The molecule has 64 heavy (non-hydrogen) atoms. The summed E-state index contributed by atoms with van der Waals surface area (Å²) in [6.07, 6.45) is 4.69. The molecule has 4 aromatic rings. The number of likely N-dealkylation sites (tertiary alicyclic amines) is 2. The Labute approximate surface area is 374 Å². The number of imidazole rings is 2. The minimum atomic E-state index is -1.27. The first-order valence-corrected chi connectivity index (χ1v) is 21.9. The predicted octanol–water partition coefficient (Wildman–Crippen LogP) is 5.43. The molecule has 2 saturated heterocycles. The maximum absolute atomic E-state index is 13.9. The topological polar surface area (TPSA) is 215 Å². The van der Waals surface area contributed by atoms with Crippen LogP contribution in [0.15, 0.2) is 48.8 Å². The van der Waals surface area contributed by atoms with Gasteiger partial charge >= 0.3 is 6.09 Å². The number of rotatable bonds is 21. The zero-order valence-corrected chi connectivity index (χ0v) is 38.1. The highest BCUT2D eigenvalue weighted by atomic mass is 16.6. The second kappa shape index (κ2) is 22.4. The molecule has 18 nitrogen and oxygen atoms in total. The van der Waals surface area contributed by atoms with Crippen molar-refractivity contribution < 1.29 is 47.9 Å². The lowest BCUT2D eigenvalue weighted by Crippen LogP contribution is -2.52. The Hall–Kier alpha value is -5.53. The van der Waals surface area contributed by atoms with Crippen molar-refractivity contribution in [1.29, 1.82) is 0 Å². The smallest absolute Gasteiger partial charge is 0.407 e. The first-order chi connectivity index (χ1) is 30.9. The number of carbonyl (C=O) groups is 3. The molecule has 2 aromatic heterocycles. The molecule has 0 spiro atoms. The van der Waals surface area contributed by atoms with Crippen LogP contribution in [0.5, 0.6) is 11.5 Å². The van der Waals surface area contributed by atoms with Crippen LogP contribution in [0, 0.1) is 11.8 Å². The Morgan fingerprint density at radius 1 is 0.719 bits per heavy atom. The van der Waals surface area contributed by atoms with Crippen LogP contribution in [0.1, 0.15) is 77.1 Å². The standard InChI is InChI=1S/C46H64N8O10/c1-27(2)39(51-45(57)61-7)43(55)53-17-9-11-35(53)41-47-25-33(49-41)30-15-13-29(14-16-30)31-23-38(64-22-20-60-6)32(24-37(31)63-21-19-59-5)34-26-48-42(50-34)36-12-10-18-54(36)44(56)40(28(3)4)52-46(58)62-8/h13-16,23-28,35-36,39-40,46,52,58H,9-12,17-22H2,1-8H3,(H,47,49)(H,48,50)(H,51,57). The Morgan fingerprint density at radius 2 is 1.22 bits per heavy atom. The van der Waals surface area contributed by atoms with Crippen LogP contribution >= 0.6 is 0 Å². The largest absolute Gasteiger partial charge is 0.491 e. The number of aliphatic hydroxyl groups excluding tert-OH is 1. The van der Waals surface area contributed by atoms with Crippen molar-refractivity contribution in [2.45, 2.75) is 84.0 Å². The van der Waals surface area contributed by atoms with Crippen LogP contribution in [-0.2, 0) is 28.5 Å². The number of amides is 3. The Bertz CT molecular complexity index is 2160. The van der Waals surface area contributed by atoms with Crippen molar-refractivity contribution in [1.82, 2.24) is 40.4 Å². The number of hydrogen-bond acceptors (Lipinski definition) is 13. The summed E-state index contributed by atoms with van der Waals surface area (Å²) in [7, 11) is 5.90. The Kier molecular flexibility index (Phi) is 16.8. The molecule has 0 aliphatic carbocycles. The van der Waals surface area contributed by atoms with Gasteiger partial charge in [-0.15, -0.1) is 0 Å². The van der Waals surface area contributed by atoms with Gasteiger partial charge in [0.1, 0.15) is 42.4 Å². The van der Waals surface area contributed by atoms with Crippen LogP contribution in [0.25, 0.3) is 33.6 Å². The van der Waals surface area contributed by atoms with E-state index in [-0.39, 0.29) is 35.7 Å². The molecule has 2 fully saturated rings. The molecule has 0 bridgehead atoms. The lowest BCUT2D eigenvalue weighted by atomic mass is 9.99. The highest BCUT2D eigenvalue weighted by Gasteiger charge is 2.39. The van der Waals surface area contributed by atoms with Gasteiger partial charge in [0.05, 0.1) is 62.2 Å². The zero-order valence-electron chi connectivity index (χ0n) is 38.1. The maximum Gasteiger partial charge on any atom is 0.407 e. The highest BCUT2D eigenvalue weighted by molar-refractivity contribution is 5.87. The number of benzene rings is 2. The Balaban J connectivity index is 1.28. The number of aromatic amines is 2. The minimum absolute atomic E-state index is 0.100. The number of aliphatic hydroxyl groups is 1. The van der Waals surface area contributed by atoms with Crippen molar-refractivity contribution in [2.24, 2.45) is 11.8 Å². The number of hydrogen-bond donors (Lipinski definition) is 5. The van der Waals surface area contributed by atoms with Gasteiger partial charge < -0.3 is 58.6 Å². The fourth-order valence-electron chi connectivity index (χ4n) is 8.29. The number of ether oxygens (including phenoxy) is 6. The molecule has 4 heterocycles. The summed E-state index contributed by atoms with van der Waals surface area (Å²) in [6, 6.07) is 9.97. The summed E-state index contributed by atoms with van der Waals surface area (Å²) in [4.78, 5) is 59.7. The van der Waals surface area contributed by atoms with E-state index in [4.69, 9.17) is 38.4 Å². The second-order valence-corrected chi connectivity index (χ2v) is 16.7. The van der Waals surface area contributed by atoms with E-state index in [1.807, 2.05) is 69.0 Å². The highest BCUT2D eigenvalue weighted by Crippen LogP contribution is 2.42. The van der Waals surface area contributed by atoms with Crippen LogP contribution in [0.4, 0.5) is 4.79 Å². The summed E-state index contributed by atoms with van der Waals surface area (Å²) >= 11 is 0. The van der Waals surface area contributed by atoms with Gasteiger partial charge in [-0.1, -0.05) is 52.0 Å². The molecular weight excluding hydrogens is 825 g/mol. The molecule has 18 heteroatoms. The predicted molar refractivity (Wildman–Crippen MR) is 238 cm³/mol. The molecule has 2 aliphatic heterocycles. The molecule has 0 saturated carbocycles. The molecule has 6 rings (SSSR count). The van der Waals surface area contributed by atoms with Gasteiger partial charge in [-0.25, -0.2) is 14.8 Å². The van der Waals surface area contributed by atoms with E-state index in [2.05, 4.69) is 20.6 Å². The van der Waals surface area contributed by atoms with E-state index in [0.717, 1.165) is 48.1 Å². The number of aromatic nitrogens is 4. The fraction of sp³-hybridized carbons (Fsp3) is 0.543. The zero-order chi connectivity index (χ0) is 45.9. The van der Waals surface area contributed by atoms with Crippen LogP contribution in [0.2, 0.25) is 0 Å². The first-order valence-electron chi connectivity index (χ1n) is 21.9. The number of H-pyrrole nitrogens is 2. The van der Waals surface area contributed by atoms with Crippen LogP contribution < -0.4 is 20.1 Å². The summed E-state index contributed by atoms with van der Waals surface area (Å²) in [6.45, 7) is 10.1. The van der Waals surface area contributed by atoms with E-state index >= 15 is 0 Å². The van der Waals surface area contributed by atoms with Crippen LogP contribution in [-0.4, -0.2) is 139 Å². The first kappa shape index (κ1) is 47.9. The third-order valence-electron chi connectivity index (χ3n) is 11.7. The molecule has 3 amide bonds. The van der Waals surface area contributed by atoms with Gasteiger partial charge in [0.2, 0.25) is 18.2 Å². The fourth-order valence-corrected chi connectivity index (χ4v) is 8.29. The van der Waals surface area contributed by atoms with Gasteiger partial charge in [0, 0.05) is 45.5 Å². The van der Waals surface area contributed by atoms with Crippen LogP contribution in [0.3, 0.4) is 0 Å². The molecule has 2 aliphatic rings. The average Bonchev–Trinajstić information content (AvgIpc) is 4.14. The van der Waals surface area contributed by atoms with E-state index in [9.17, 15) is 19.5 Å². The quantitative estimate of drug-likeness (QED) is 0.0522. The van der Waals surface area contributed by atoms with Gasteiger partial charge in [0.15, 0.2) is 0 Å². The molecule has 0 radical (unpaired) electrons. The van der Waals surface area contributed by atoms with Gasteiger partial charge in [-0.2, -0.15) is 0 Å². The summed E-state index contributed by atoms with van der Waals surface area (Å²) in [5, 5.41) is 15.7. The minimum Gasteiger partial charge on any atom is -0.491 e. The monoisotopic (exact) mass is 888 g/mol. The van der Waals surface area contributed by atoms with Crippen molar-refractivity contribution >= 4 is 17.9 Å². The summed E-state index contributed by atoms with van der Waals surface area (Å²) in [5.41, 5.74) is 4.77. The van der Waals surface area contributed by atoms with E-state index in [0.29, 0.717) is 73.9 Å². The van der Waals surface area contributed by atoms with Crippen molar-refractivity contribution in [3.8, 4) is 45.1 Å². The third kappa shape index (κ3) is 11.2. The summed E-state index contributed by atoms with van der Waals surface area (Å²) < 4.78 is 33.2. The lowest BCUT2D eigenvalue weighted by Gasteiger charge is -2.31. The number of nitrogens with one attached hydrogen (secondary N) is 4. The normalized spacial score (nSPS) is 17.8. The number of methoxy groups -OCH3 is 4. The number of carbonyl (C=O) groups excluding carboxylic acids is 3.